The highest BCUT2D eigenvalue weighted by Crippen LogP contribution is 2.46. The van der Waals surface area contributed by atoms with Crippen LogP contribution < -0.4 is 0 Å². The summed E-state index contributed by atoms with van der Waals surface area (Å²) < 4.78 is 2.07. The van der Waals surface area contributed by atoms with Crippen molar-refractivity contribution in [1.82, 2.24) is 9.47 Å². The summed E-state index contributed by atoms with van der Waals surface area (Å²) in [4.78, 5) is 38.8. The van der Waals surface area contributed by atoms with Crippen LogP contribution in [0.25, 0.3) is 0 Å². The molecule has 2 fully saturated rings. The molecule has 0 N–H and O–H groups in total. The molecular weight excluding hydrogens is 292 g/mol. The summed E-state index contributed by atoms with van der Waals surface area (Å²) in [6, 6.07) is 1.86. The maximum Gasteiger partial charge on any atom is 0.236 e. The molecule has 0 bridgehead atoms. The lowest BCUT2D eigenvalue weighted by molar-refractivity contribution is -0.140. The van der Waals surface area contributed by atoms with Gasteiger partial charge in [0.25, 0.3) is 0 Å². The second kappa shape index (κ2) is 5.62. The molecule has 1 aliphatic carbocycles. The summed E-state index contributed by atoms with van der Waals surface area (Å²) >= 11 is 0. The molecular formula is C18H24N2O3. The molecule has 1 spiro atoms. The van der Waals surface area contributed by atoms with Crippen LogP contribution >= 0.6 is 0 Å². The summed E-state index contributed by atoms with van der Waals surface area (Å²) in [5, 5.41) is 0. The first-order valence-electron chi connectivity index (χ1n) is 8.44. The number of likely N-dealkylation sites (tertiary alicyclic amines) is 1. The second-order valence-corrected chi connectivity index (χ2v) is 6.90. The first kappa shape index (κ1) is 16.0. The number of amides is 2. The Morgan fingerprint density at radius 3 is 2.43 bits per heavy atom. The third-order valence-corrected chi connectivity index (χ3v) is 5.54. The molecule has 5 nitrogen and oxygen atoms in total. The van der Waals surface area contributed by atoms with Gasteiger partial charge in [-0.25, -0.2) is 0 Å². The predicted octanol–water partition coefficient (Wildman–Crippen LogP) is 2.63. The summed E-state index contributed by atoms with van der Waals surface area (Å²) in [6.07, 6.45) is 3.85. The van der Waals surface area contributed by atoms with E-state index < -0.39 is 5.41 Å². The Morgan fingerprint density at radius 1 is 1.22 bits per heavy atom. The molecule has 0 atom stereocenters. The Hall–Kier alpha value is -1.91. The van der Waals surface area contributed by atoms with Crippen LogP contribution in [0.15, 0.2) is 6.07 Å². The highest BCUT2D eigenvalue weighted by molar-refractivity contribution is 6.10. The number of rotatable bonds is 4. The normalized spacial score (nSPS) is 20.0. The molecule has 1 aromatic rings. The fourth-order valence-electron chi connectivity index (χ4n) is 4.26. The Labute approximate surface area is 136 Å². The molecule has 1 aliphatic heterocycles. The molecule has 5 heteroatoms. The molecule has 2 aliphatic rings. The highest BCUT2D eigenvalue weighted by Gasteiger charge is 2.52. The van der Waals surface area contributed by atoms with E-state index in [2.05, 4.69) is 4.57 Å². The minimum absolute atomic E-state index is 0.118. The van der Waals surface area contributed by atoms with E-state index in [-0.39, 0.29) is 30.6 Å². The fourth-order valence-corrected chi connectivity index (χ4v) is 4.26. The molecule has 23 heavy (non-hydrogen) atoms. The molecule has 2 amide bonds. The lowest BCUT2D eigenvalue weighted by Gasteiger charge is -2.20. The first-order valence-corrected chi connectivity index (χ1v) is 8.44. The van der Waals surface area contributed by atoms with Gasteiger partial charge in [-0.1, -0.05) is 12.8 Å². The third-order valence-electron chi connectivity index (χ3n) is 5.54. The van der Waals surface area contributed by atoms with Gasteiger partial charge in [0, 0.05) is 29.9 Å². The average molecular weight is 316 g/mol. The number of nitrogens with zero attached hydrogens (tertiary/aromatic N) is 2. The summed E-state index contributed by atoms with van der Waals surface area (Å²) in [5.41, 5.74) is 2.05. The van der Waals surface area contributed by atoms with E-state index in [0.29, 0.717) is 5.56 Å². The number of hydrogen-bond donors (Lipinski definition) is 0. The summed E-state index contributed by atoms with van der Waals surface area (Å²) in [6.45, 7) is 6.59. The number of aryl methyl sites for hydroxylation is 1. The van der Waals surface area contributed by atoms with Gasteiger partial charge in [0.15, 0.2) is 5.78 Å². The van der Waals surface area contributed by atoms with E-state index in [1.165, 1.54) is 4.90 Å². The molecule has 3 rings (SSSR count). The zero-order valence-electron chi connectivity index (χ0n) is 14.1. The van der Waals surface area contributed by atoms with E-state index >= 15 is 0 Å². The third kappa shape index (κ3) is 2.42. The van der Waals surface area contributed by atoms with Crippen molar-refractivity contribution in [1.29, 1.82) is 0 Å². The first-order chi connectivity index (χ1) is 10.9. The Kier molecular flexibility index (Phi) is 3.90. The van der Waals surface area contributed by atoms with Gasteiger partial charge in [0.2, 0.25) is 11.8 Å². The number of carbonyl (C=O) groups is 3. The molecule has 2 heterocycles. The minimum Gasteiger partial charge on any atom is -0.349 e. The van der Waals surface area contributed by atoms with E-state index in [9.17, 15) is 14.4 Å². The number of imide groups is 1. The topological polar surface area (TPSA) is 59.4 Å². The SMILES string of the molecule is CCn1c(C)cc(C(=O)CN2C(=O)CC3(CCCC3)C2=O)c1C. The highest BCUT2D eigenvalue weighted by atomic mass is 16.2. The number of carbonyl (C=O) groups excluding carboxylic acids is 3. The number of ketones is 1. The molecule has 0 aromatic carbocycles. The van der Waals surface area contributed by atoms with E-state index in [1.807, 2.05) is 26.8 Å². The predicted molar refractivity (Wildman–Crippen MR) is 86.1 cm³/mol. The van der Waals surface area contributed by atoms with Crippen molar-refractivity contribution in [3.63, 3.8) is 0 Å². The Bertz CT molecular complexity index is 681. The van der Waals surface area contributed by atoms with Crippen LogP contribution in [0.2, 0.25) is 0 Å². The van der Waals surface area contributed by atoms with Crippen molar-refractivity contribution in [3.05, 3.63) is 23.0 Å². The van der Waals surface area contributed by atoms with Crippen molar-refractivity contribution >= 4 is 17.6 Å². The van der Waals surface area contributed by atoms with Gasteiger partial charge in [-0.15, -0.1) is 0 Å². The maximum absolute atomic E-state index is 12.7. The lowest BCUT2D eigenvalue weighted by Crippen LogP contribution is -2.38. The van der Waals surface area contributed by atoms with E-state index in [4.69, 9.17) is 0 Å². The van der Waals surface area contributed by atoms with Gasteiger partial charge in [0.05, 0.1) is 12.0 Å². The second-order valence-electron chi connectivity index (χ2n) is 6.90. The quantitative estimate of drug-likeness (QED) is 0.634. The van der Waals surface area contributed by atoms with Crippen LogP contribution in [0.5, 0.6) is 0 Å². The summed E-state index contributed by atoms with van der Waals surface area (Å²) in [7, 11) is 0. The fraction of sp³-hybridized carbons (Fsp3) is 0.611. The molecule has 0 radical (unpaired) electrons. The molecule has 1 aromatic heterocycles. The van der Waals surface area contributed by atoms with Gasteiger partial charge < -0.3 is 4.57 Å². The lowest BCUT2D eigenvalue weighted by atomic mass is 9.84. The molecule has 0 unspecified atom stereocenters. The van der Waals surface area contributed by atoms with E-state index in [1.54, 1.807) is 0 Å². The van der Waals surface area contributed by atoms with Crippen molar-refractivity contribution in [3.8, 4) is 0 Å². The maximum atomic E-state index is 12.7. The van der Waals surface area contributed by atoms with Crippen LogP contribution in [-0.2, 0) is 16.1 Å². The Balaban J connectivity index is 1.81. The summed E-state index contributed by atoms with van der Waals surface area (Å²) in [5.74, 6) is -0.457. The number of hydrogen-bond acceptors (Lipinski definition) is 3. The van der Waals surface area contributed by atoms with Crippen LogP contribution in [0, 0.1) is 19.3 Å². The van der Waals surface area contributed by atoms with Gasteiger partial charge in [0.1, 0.15) is 0 Å². The average Bonchev–Trinajstić information content (AvgIpc) is 3.14. The van der Waals surface area contributed by atoms with E-state index in [0.717, 1.165) is 43.6 Å². The van der Waals surface area contributed by atoms with Crippen LogP contribution in [0.3, 0.4) is 0 Å². The number of Topliss-reactive ketones (excluding diaryl/α,β-unsaturated/α-hetero) is 1. The van der Waals surface area contributed by atoms with Crippen molar-refractivity contribution in [2.45, 2.75) is 59.4 Å². The van der Waals surface area contributed by atoms with Gasteiger partial charge in [-0.3, -0.25) is 19.3 Å². The van der Waals surface area contributed by atoms with Gasteiger partial charge in [-0.05, 0) is 39.7 Å². The van der Waals surface area contributed by atoms with Crippen LogP contribution in [-0.4, -0.2) is 33.6 Å². The largest absolute Gasteiger partial charge is 0.349 e. The number of aromatic nitrogens is 1. The molecule has 1 saturated carbocycles. The smallest absolute Gasteiger partial charge is 0.236 e. The monoisotopic (exact) mass is 316 g/mol. The van der Waals surface area contributed by atoms with Crippen molar-refractivity contribution < 1.29 is 14.4 Å². The van der Waals surface area contributed by atoms with Crippen molar-refractivity contribution in [2.75, 3.05) is 6.54 Å². The standard InChI is InChI=1S/C18H24N2O3/c1-4-19-12(2)9-14(13(19)3)15(21)11-20-16(22)10-18(17(20)23)7-5-6-8-18/h9H,4-8,10-11H2,1-3H3. The van der Waals surface area contributed by atoms with Gasteiger partial charge in [-0.2, -0.15) is 0 Å². The molecule has 124 valence electrons. The van der Waals surface area contributed by atoms with Gasteiger partial charge >= 0.3 is 0 Å². The van der Waals surface area contributed by atoms with Crippen molar-refractivity contribution in [2.24, 2.45) is 5.41 Å². The van der Waals surface area contributed by atoms with Crippen LogP contribution in [0.4, 0.5) is 0 Å². The zero-order chi connectivity index (χ0) is 16.8. The Morgan fingerprint density at radius 2 is 1.87 bits per heavy atom. The van der Waals surface area contributed by atoms with Crippen LogP contribution in [0.1, 0.15) is 60.8 Å². The zero-order valence-corrected chi connectivity index (χ0v) is 14.1. The minimum atomic E-state index is -0.502. The molecule has 1 saturated heterocycles.